The second-order valence-electron chi connectivity index (χ2n) is 5.04. The van der Waals surface area contributed by atoms with E-state index in [0.717, 1.165) is 19.4 Å². The van der Waals surface area contributed by atoms with Crippen molar-refractivity contribution in [1.82, 2.24) is 10.6 Å². The van der Waals surface area contributed by atoms with Gasteiger partial charge in [-0.1, -0.05) is 0 Å². The van der Waals surface area contributed by atoms with Crippen LogP contribution in [0.15, 0.2) is 0 Å². The molecule has 18 heavy (non-hydrogen) atoms. The van der Waals surface area contributed by atoms with E-state index < -0.39 is 5.60 Å². The van der Waals surface area contributed by atoms with Crippen molar-refractivity contribution in [3.8, 4) is 0 Å². The Kier molecular flexibility index (Phi) is 4.79. The Labute approximate surface area is 107 Å². The minimum atomic E-state index is -0.820. The van der Waals surface area contributed by atoms with Crippen LogP contribution in [0.4, 0.5) is 4.79 Å². The van der Waals surface area contributed by atoms with Gasteiger partial charge < -0.3 is 25.2 Å². The Morgan fingerprint density at radius 2 is 2.06 bits per heavy atom. The lowest BCUT2D eigenvalue weighted by Crippen LogP contribution is -2.49. The van der Waals surface area contributed by atoms with Gasteiger partial charge in [0, 0.05) is 45.8 Å². The molecule has 2 saturated heterocycles. The van der Waals surface area contributed by atoms with Gasteiger partial charge >= 0.3 is 6.03 Å². The largest absolute Gasteiger partial charge is 0.388 e. The highest BCUT2D eigenvalue weighted by Gasteiger charge is 2.30. The molecule has 0 spiro atoms. The second-order valence-corrected chi connectivity index (χ2v) is 5.04. The zero-order valence-electron chi connectivity index (χ0n) is 10.6. The first kappa shape index (κ1) is 13.6. The number of carbonyl (C=O) groups excluding carboxylic acids is 1. The zero-order chi connectivity index (χ0) is 12.8. The molecular formula is C12H22N2O4. The smallest absolute Gasteiger partial charge is 0.314 e. The number of urea groups is 1. The van der Waals surface area contributed by atoms with Crippen molar-refractivity contribution in [3.05, 3.63) is 0 Å². The first-order chi connectivity index (χ1) is 8.68. The molecule has 0 aliphatic carbocycles. The lowest BCUT2D eigenvalue weighted by molar-refractivity contribution is -0.0600. The molecule has 0 saturated carbocycles. The van der Waals surface area contributed by atoms with Gasteiger partial charge in [0.05, 0.1) is 11.7 Å². The Hall–Kier alpha value is -0.850. The Morgan fingerprint density at radius 1 is 1.28 bits per heavy atom. The van der Waals surface area contributed by atoms with E-state index in [1.807, 2.05) is 0 Å². The molecule has 2 fully saturated rings. The molecule has 2 aliphatic rings. The van der Waals surface area contributed by atoms with Crippen LogP contribution >= 0.6 is 0 Å². The van der Waals surface area contributed by atoms with Crippen LogP contribution in [0.2, 0.25) is 0 Å². The maximum absolute atomic E-state index is 11.6. The average Bonchev–Trinajstić information content (AvgIpc) is 2.88. The number of aliphatic hydroxyl groups is 1. The fourth-order valence-electron chi connectivity index (χ4n) is 2.25. The maximum Gasteiger partial charge on any atom is 0.314 e. The number of hydrogen-bond donors (Lipinski definition) is 3. The van der Waals surface area contributed by atoms with Crippen molar-refractivity contribution < 1.29 is 19.4 Å². The summed E-state index contributed by atoms with van der Waals surface area (Å²) in [7, 11) is 0. The molecule has 0 unspecified atom stereocenters. The summed E-state index contributed by atoms with van der Waals surface area (Å²) in [6.45, 7) is 2.69. The SMILES string of the molecule is O=C(NC[C@@H]1CCCO1)NCC1(O)CCOCC1. The van der Waals surface area contributed by atoms with Crippen LogP contribution in [0, 0.1) is 0 Å². The van der Waals surface area contributed by atoms with Gasteiger partial charge in [-0.25, -0.2) is 4.79 Å². The Balaban J connectivity index is 1.61. The molecule has 6 nitrogen and oxygen atoms in total. The number of carbonyl (C=O) groups is 1. The van der Waals surface area contributed by atoms with E-state index in [9.17, 15) is 9.90 Å². The summed E-state index contributed by atoms with van der Waals surface area (Å²) in [5, 5.41) is 15.6. The van der Waals surface area contributed by atoms with Gasteiger partial charge in [0.25, 0.3) is 0 Å². The normalized spacial score (nSPS) is 26.8. The van der Waals surface area contributed by atoms with Gasteiger partial charge in [-0.05, 0) is 12.8 Å². The van der Waals surface area contributed by atoms with E-state index in [4.69, 9.17) is 9.47 Å². The molecule has 0 aromatic carbocycles. The monoisotopic (exact) mass is 258 g/mol. The first-order valence-corrected chi connectivity index (χ1v) is 6.61. The molecule has 2 rings (SSSR count). The Bertz CT molecular complexity index is 273. The van der Waals surface area contributed by atoms with Crippen LogP contribution in [-0.2, 0) is 9.47 Å². The number of rotatable bonds is 4. The zero-order valence-corrected chi connectivity index (χ0v) is 10.6. The highest BCUT2D eigenvalue weighted by atomic mass is 16.5. The van der Waals surface area contributed by atoms with Crippen molar-refractivity contribution in [2.24, 2.45) is 0 Å². The first-order valence-electron chi connectivity index (χ1n) is 6.61. The third-order valence-corrected chi connectivity index (χ3v) is 3.52. The van der Waals surface area contributed by atoms with Gasteiger partial charge in [0.2, 0.25) is 0 Å². The highest BCUT2D eigenvalue weighted by Crippen LogP contribution is 2.19. The predicted octanol–water partition coefficient (Wildman–Crippen LogP) is 0.00610. The lowest BCUT2D eigenvalue weighted by Gasteiger charge is -2.32. The summed E-state index contributed by atoms with van der Waals surface area (Å²) < 4.78 is 10.6. The summed E-state index contributed by atoms with van der Waals surface area (Å²) in [5.74, 6) is 0. The number of ether oxygens (including phenoxy) is 2. The molecule has 2 aliphatic heterocycles. The van der Waals surface area contributed by atoms with Crippen molar-refractivity contribution >= 4 is 6.03 Å². The van der Waals surface area contributed by atoms with E-state index in [2.05, 4.69) is 10.6 Å². The molecule has 0 aromatic rings. The fraction of sp³-hybridized carbons (Fsp3) is 0.917. The highest BCUT2D eigenvalue weighted by molar-refractivity contribution is 5.73. The van der Waals surface area contributed by atoms with Crippen LogP contribution in [0.3, 0.4) is 0 Å². The van der Waals surface area contributed by atoms with E-state index >= 15 is 0 Å². The molecule has 0 aromatic heterocycles. The number of amides is 2. The van der Waals surface area contributed by atoms with Crippen molar-refractivity contribution in [2.45, 2.75) is 37.4 Å². The quantitative estimate of drug-likeness (QED) is 0.663. The fourth-order valence-corrected chi connectivity index (χ4v) is 2.25. The van der Waals surface area contributed by atoms with Crippen LogP contribution in [0.25, 0.3) is 0 Å². The van der Waals surface area contributed by atoms with Crippen LogP contribution in [0.5, 0.6) is 0 Å². The summed E-state index contributed by atoms with van der Waals surface area (Å²) in [6.07, 6.45) is 3.34. The van der Waals surface area contributed by atoms with Crippen LogP contribution in [0.1, 0.15) is 25.7 Å². The summed E-state index contributed by atoms with van der Waals surface area (Å²) in [4.78, 5) is 11.6. The molecule has 0 radical (unpaired) electrons. The van der Waals surface area contributed by atoms with Crippen molar-refractivity contribution in [3.63, 3.8) is 0 Å². The molecule has 104 valence electrons. The maximum atomic E-state index is 11.6. The standard InChI is InChI=1S/C12H22N2O4/c15-11(13-8-10-2-1-5-18-10)14-9-12(16)3-6-17-7-4-12/h10,16H,1-9H2,(H2,13,14,15)/t10-/m0/s1. The molecule has 6 heteroatoms. The molecule has 2 amide bonds. The minimum absolute atomic E-state index is 0.141. The number of nitrogens with one attached hydrogen (secondary N) is 2. The van der Waals surface area contributed by atoms with E-state index in [1.54, 1.807) is 0 Å². The van der Waals surface area contributed by atoms with Crippen LogP contribution in [-0.4, -0.2) is 55.8 Å². The second kappa shape index (κ2) is 6.36. The summed E-state index contributed by atoms with van der Waals surface area (Å²) in [6, 6.07) is -0.245. The van der Waals surface area contributed by atoms with Gasteiger partial charge in [-0.3, -0.25) is 0 Å². The minimum Gasteiger partial charge on any atom is -0.388 e. The molecule has 0 bridgehead atoms. The summed E-state index contributed by atoms with van der Waals surface area (Å²) >= 11 is 0. The summed E-state index contributed by atoms with van der Waals surface area (Å²) in [5.41, 5.74) is -0.820. The van der Waals surface area contributed by atoms with Gasteiger partial charge in [0.15, 0.2) is 0 Å². The third kappa shape index (κ3) is 4.12. The molecular weight excluding hydrogens is 236 g/mol. The number of hydrogen-bond acceptors (Lipinski definition) is 4. The average molecular weight is 258 g/mol. The van der Waals surface area contributed by atoms with Gasteiger partial charge in [0.1, 0.15) is 0 Å². The molecule has 2 heterocycles. The van der Waals surface area contributed by atoms with Crippen molar-refractivity contribution in [2.75, 3.05) is 32.9 Å². The van der Waals surface area contributed by atoms with E-state index in [0.29, 0.717) is 32.6 Å². The topological polar surface area (TPSA) is 79.8 Å². The lowest BCUT2D eigenvalue weighted by atomic mass is 9.94. The van der Waals surface area contributed by atoms with E-state index in [1.165, 1.54) is 0 Å². The van der Waals surface area contributed by atoms with E-state index in [-0.39, 0.29) is 18.7 Å². The Morgan fingerprint density at radius 3 is 2.72 bits per heavy atom. The molecule has 3 N–H and O–H groups in total. The van der Waals surface area contributed by atoms with Crippen LogP contribution < -0.4 is 10.6 Å². The third-order valence-electron chi connectivity index (χ3n) is 3.52. The predicted molar refractivity (Wildman–Crippen MR) is 65.4 cm³/mol. The van der Waals surface area contributed by atoms with Crippen molar-refractivity contribution in [1.29, 1.82) is 0 Å². The molecule has 1 atom stereocenters. The van der Waals surface area contributed by atoms with Gasteiger partial charge in [-0.2, -0.15) is 0 Å². The van der Waals surface area contributed by atoms with Gasteiger partial charge in [-0.15, -0.1) is 0 Å².